The number of ether oxygens (including phenoxy) is 1. The third-order valence-electron chi connectivity index (χ3n) is 3.35. The van der Waals surface area contributed by atoms with E-state index in [2.05, 4.69) is 20.9 Å². The second-order valence-corrected chi connectivity index (χ2v) is 6.45. The molecule has 1 aromatic carbocycles. The molecule has 0 bridgehead atoms. The maximum atomic E-state index is 11.4. The van der Waals surface area contributed by atoms with Crippen LogP contribution in [0.5, 0.6) is 5.75 Å². The number of halogens is 1. The van der Waals surface area contributed by atoms with E-state index in [-0.39, 0.29) is 24.8 Å². The van der Waals surface area contributed by atoms with E-state index < -0.39 is 0 Å². The zero-order chi connectivity index (χ0) is 17.1. The van der Waals surface area contributed by atoms with Gasteiger partial charge in [-0.25, -0.2) is 4.98 Å². The number of anilines is 2. The largest absolute Gasteiger partial charge is 0.482 e. The number of hydrogen-bond acceptors (Lipinski definition) is 6. The molecule has 2 aromatic rings. The number of hydrogen-bond donors (Lipinski definition) is 3. The van der Waals surface area contributed by atoms with Gasteiger partial charge in [0.1, 0.15) is 10.8 Å². The number of benzene rings is 1. The number of aromatic nitrogens is 1. The highest BCUT2D eigenvalue weighted by atomic mass is 35.5. The van der Waals surface area contributed by atoms with Gasteiger partial charge in [0.2, 0.25) is 5.91 Å². The van der Waals surface area contributed by atoms with Crippen molar-refractivity contribution in [1.82, 2.24) is 10.3 Å². The minimum absolute atomic E-state index is 0.0109. The molecule has 0 fully saturated rings. The van der Waals surface area contributed by atoms with Crippen molar-refractivity contribution >= 4 is 46.1 Å². The van der Waals surface area contributed by atoms with Crippen molar-refractivity contribution < 1.29 is 14.3 Å². The van der Waals surface area contributed by atoms with Crippen LogP contribution >= 0.6 is 22.9 Å². The van der Waals surface area contributed by atoms with E-state index in [1.807, 2.05) is 5.38 Å². The van der Waals surface area contributed by atoms with Crippen molar-refractivity contribution in [2.24, 2.45) is 0 Å². The molecule has 0 radical (unpaired) electrons. The fraction of sp³-hybridized carbons (Fsp3) is 0.267. The van der Waals surface area contributed by atoms with E-state index in [1.54, 1.807) is 19.2 Å². The summed E-state index contributed by atoms with van der Waals surface area (Å²) in [5.74, 6) is 0.297. The summed E-state index contributed by atoms with van der Waals surface area (Å²) in [6.07, 6.45) is 0.272. The van der Waals surface area contributed by atoms with E-state index in [9.17, 15) is 9.59 Å². The van der Waals surface area contributed by atoms with Crippen LogP contribution in [-0.4, -0.2) is 30.5 Å². The van der Waals surface area contributed by atoms with Crippen LogP contribution in [0.4, 0.5) is 11.4 Å². The Kier molecular flexibility index (Phi) is 4.86. The summed E-state index contributed by atoms with van der Waals surface area (Å²) in [4.78, 5) is 27.1. The Hall–Kier alpha value is -2.32. The highest BCUT2D eigenvalue weighted by Gasteiger charge is 2.18. The molecule has 2 heterocycles. The van der Waals surface area contributed by atoms with Crippen molar-refractivity contribution in [1.29, 1.82) is 0 Å². The van der Waals surface area contributed by atoms with Crippen LogP contribution in [0.2, 0.25) is 5.02 Å². The van der Waals surface area contributed by atoms with Gasteiger partial charge in [0.05, 0.1) is 35.1 Å². The normalized spacial score (nSPS) is 12.8. The van der Waals surface area contributed by atoms with E-state index in [4.69, 9.17) is 16.3 Å². The van der Waals surface area contributed by atoms with Gasteiger partial charge in [-0.15, -0.1) is 11.3 Å². The molecular weight excluding hydrogens is 352 g/mol. The average Bonchev–Trinajstić information content (AvgIpc) is 3.00. The van der Waals surface area contributed by atoms with Gasteiger partial charge in [-0.05, 0) is 6.07 Å². The van der Waals surface area contributed by atoms with Crippen LogP contribution in [0.25, 0.3) is 0 Å². The zero-order valence-electron chi connectivity index (χ0n) is 12.8. The minimum atomic E-state index is -0.203. The first kappa shape index (κ1) is 16.5. The number of nitrogens with one attached hydrogen (secondary N) is 3. The molecule has 0 saturated carbocycles. The van der Waals surface area contributed by atoms with E-state index in [0.29, 0.717) is 28.7 Å². The zero-order valence-corrected chi connectivity index (χ0v) is 14.4. The van der Waals surface area contributed by atoms with Crippen LogP contribution < -0.4 is 20.7 Å². The molecule has 1 aromatic heterocycles. The fourth-order valence-electron chi connectivity index (χ4n) is 2.16. The highest BCUT2D eigenvalue weighted by molar-refractivity contribution is 7.09. The molecule has 3 rings (SSSR count). The molecule has 1 aliphatic heterocycles. The van der Waals surface area contributed by atoms with Crippen LogP contribution in [0.15, 0.2) is 17.5 Å². The van der Waals surface area contributed by atoms with Crippen molar-refractivity contribution in [2.45, 2.75) is 13.0 Å². The first-order valence-corrected chi connectivity index (χ1v) is 8.45. The molecule has 126 valence electrons. The molecule has 0 unspecified atom stereocenters. The smallest absolute Gasteiger partial charge is 0.262 e. The molecule has 0 spiro atoms. The summed E-state index contributed by atoms with van der Waals surface area (Å²) in [6, 6.07) is 3.39. The summed E-state index contributed by atoms with van der Waals surface area (Å²) in [7, 11) is 1.60. The van der Waals surface area contributed by atoms with Gasteiger partial charge in [0.25, 0.3) is 5.91 Å². The average molecular weight is 367 g/mol. The summed E-state index contributed by atoms with van der Waals surface area (Å²) in [6.45, 7) is 0.456. The predicted molar refractivity (Wildman–Crippen MR) is 92.8 cm³/mol. The molecule has 2 amide bonds. The van der Waals surface area contributed by atoms with Crippen molar-refractivity contribution in [3.8, 4) is 5.75 Å². The van der Waals surface area contributed by atoms with E-state index in [0.717, 1.165) is 10.7 Å². The number of carbonyl (C=O) groups is 2. The standard InChI is InChI=1S/C15H15ClN4O3S/c1-17-13(21)4-15-19-8(7-24-15)5-18-10-3-12-11(2-9(10)16)20-14(22)6-23-12/h2-3,7,18H,4-6H2,1H3,(H,17,21)(H,20,22). The molecule has 0 saturated heterocycles. The lowest BCUT2D eigenvalue weighted by molar-refractivity contribution is -0.120. The van der Waals surface area contributed by atoms with Crippen LogP contribution in [-0.2, 0) is 22.6 Å². The van der Waals surface area contributed by atoms with Gasteiger partial charge in [-0.3, -0.25) is 9.59 Å². The quantitative estimate of drug-likeness (QED) is 0.753. The Morgan fingerprint density at radius 1 is 1.50 bits per heavy atom. The Bertz CT molecular complexity index is 793. The highest BCUT2D eigenvalue weighted by Crippen LogP contribution is 2.36. The third-order valence-corrected chi connectivity index (χ3v) is 4.56. The number of nitrogens with zero attached hydrogens (tertiary/aromatic N) is 1. The molecule has 3 N–H and O–H groups in total. The maximum Gasteiger partial charge on any atom is 0.262 e. The molecule has 0 atom stereocenters. The molecule has 0 aliphatic carbocycles. The van der Waals surface area contributed by atoms with Gasteiger partial charge >= 0.3 is 0 Å². The van der Waals surface area contributed by atoms with Crippen LogP contribution in [0.1, 0.15) is 10.7 Å². The summed E-state index contributed by atoms with van der Waals surface area (Å²) in [5, 5.41) is 11.6. The Morgan fingerprint density at radius 3 is 3.12 bits per heavy atom. The third kappa shape index (κ3) is 3.77. The molecule has 9 heteroatoms. The predicted octanol–water partition coefficient (Wildman–Crippen LogP) is 2.03. The van der Waals surface area contributed by atoms with E-state index >= 15 is 0 Å². The first-order valence-electron chi connectivity index (χ1n) is 7.19. The SMILES string of the molecule is CNC(=O)Cc1nc(CNc2cc3c(cc2Cl)NC(=O)CO3)cs1. The lowest BCUT2D eigenvalue weighted by Crippen LogP contribution is -2.25. The fourth-order valence-corrected chi connectivity index (χ4v) is 3.18. The lowest BCUT2D eigenvalue weighted by atomic mass is 10.2. The van der Waals surface area contributed by atoms with Crippen molar-refractivity contribution in [3.05, 3.63) is 33.2 Å². The monoisotopic (exact) mass is 366 g/mol. The van der Waals surface area contributed by atoms with Gasteiger partial charge in [-0.2, -0.15) is 0 Å². The summed E-state index contributed by atoms with van der Waals surface area (Å²) in [5.41, 5.74) is 2.07. The number of carbonyl (C=O) groups excluding carboxylic acids is 2. The van der Waals surface area contributed by atoms with Gasteiger partial charge < -0.3 is 20.7 Å². The van der Waals surface area contributed by atoms with Crippen molar-refractivity contribution in [2.75, 3.05) is 24.3 Å². The molecule has 24 heavy (non-hydrogen) atoms. The Labute approximate surface area is 147 Å². The number of rotatable bonds is 5. The number of amides is 2. The molecule has 7 nitrogen and oxygen atoms in total. The maximum absolute atomic E-state index is 11.4. The first-order chi connectivity index (χ1) is 11.5. The molecule has 1 aliphatic rings. The Morgan fingerprint density at radius 2 is 2.33 bits per heavy atom. The molecular formula is C15H15ClN4O3S. The minimum Gasteiger partial charge on any atom is -0.482 e. The second-order valence-electron chi connectivity index (χ2n) is 5.10. The van der Waals surface area contributed by atoms with Gasteiger partial charge in [0, 0.05) is 18.5 Å². The topological polar surface area (TPSA) is 92.4 Å². The van der Waals surface area contributed by atoms with E-state index in [1.165, 1.54) is 11.3 Å². The number of likely N-dealkylation sites (N-methyl/N-ethyl adjacent to an activating group) is 1. The Balaban J connectivity index is 1.66. The van der Waals surface area contributed by atoms with Gasteiger partial charge in [0.15, 0.2) is 6.61 Å². The summed E-state index contributed by atoms with van der Waals surface area (Å²) >= 11 is 7.67. The van der Waals surface area contributed by atoms with Crippen LogP contribution in [0.3, 0.4) is 0 Å². The number of fused-ring (bicyclic) bond motifs is 1. The van der Waals surface area contributed by atoms with Crippen LogP contribution in [0, 0.1) is 0 Å². The lowest BCUT2D eigenvalue weighted by Gasteiger charge is -2.19. The van der Waals surface area contributed by atoms with Gasteiger partial charge in [-0.1, -0.05) is 11.6 Å². The summed E-state index contributed by atoms with van der Waals surface area (Å²) < 4.78 is 5.37. The number of thiazole rings is 1. The van der Waals surface area contributed by atoms with Crippen molar-refractivity contribution in [3.63, 3.8) is 0 Å². The second kappa shape index (κ2) is 7.06.